The number of hydrogen-bond acceptors (Lipinski definition) is 2. The Bertz CT molecular complexity index is 405. The number of benzene rings is 1. The molecule has 15 heavy (non-hydrogen) atoms. The molecule has 0 N–H and O–H groups in total. The van der Waals surface area contributed by atoms with Gasteiger partial charge in [0.25, 0.3) is 0 Å². The molecule has 2 heteroatoms. The highest BCUT2D eigenvalue weighted by Crippen LogP contribution is 2.33. The number of Topliss-reactive ketones (excluding diaryl/α,β-unsaturated/α-hetero) is 1. The summed E-state index contributed by atoms with van der Waals surface area (Å²) in [6, 6.07) is 5.94. The predicted molar refractivity (Wildman–Crippen MR) is 57.3 cm³/mol. The summed E-state index contributed by atoms with van der Waals surface area (Å²) >= 11 is 0. The minimum absolute atomic E-state index is 0.247. The molecule has 1 fully saturated rings. The van der Waals surface area contributed by atoms with Crippen molar-refractivity contribution in [2.75, 3.05) is 6.61 Å². The number of carbonyl (C=O) groups is 1. The van der Waals surface area contributed by atoms with Crippen molar-refractivity contribution >= 4 is 5.78 Å². The van der Waals surface area contributed by atoms with Gasteiger partial charge < -0.3 is 4.74 Å². The third kappa shape index (κ3) is 1.65. The van der Waals surface area contributed by atoms with Gasteiger partial charge in [-0.25, -0.2) is 0 Å². The first-order valence-corrected chi connectivity index (χ1v) is 5.62. The summed E-state index contributed by atoms with van der Waals surface area (Å²) in [5.74, 6) is 1.79. The van der Waals surface area contributed by atoms with Crippen LogP contribution in [0.2, 0.25) is 0 Å². The fourth-order valence-electron chi connectivity index (χ4n) is 2.09. The summed E-state index contributed by atoms with van der Waals surface area (Å²) in [7, 11) is 0. The van der Waals surface area contributed by atoms with Crippen LogP contribution in [-0.2, 0) is 6.42 Å². The van der Waals surface area contributed by atoms with Crippen molar-refractivity contribution < 1.29 is 9.53 Å². The second-order valence-electron chi connectivity index (χ2n) is 4.47. The van der Waals surface area contributed by atoms with Crippen LogP contribution < -0.4 is 4.74 Å². The van der Waals surface area contributed by atoms with Gasteiger partial charge in [-0.05, 0) is 36.8 Å². The van der Waals surface area contributed by atoms with E-state index in [4.69, 9.17) is 4.74 Å². The third-order valence-corrected chi connectivity index (χ3v) is 3.18. The van der Waals surface area contributed by atoms with E-state index in [9.17, 15) is 4.79 Å². The predicted octanol–water partition coefficient (Wildman–Crippen LogP) is 2.60. The molecule has 3 rings (SSSR count). The van der Waals surface area contributed by atoms with Crippen molar-refractivity contribution in [2.45, 2.75) is 25.7 Å². The molecule has 0 atom stereocenters. The quantitative estimate of drug-likeness (QED) is 0.753. The van der Waals surface area contributed by atoms with Gasteiger partial charge in [0.05, 0.1) is 12.2 Å². The van der Waals surface area contributed by atoms with E-state index in [1.54, 1.807) is 0 Å². The maximum atomic E-state index is 11.7. The van der Waals surface area contributed by atoms with E-state index in [0.717, 1.165) is 35.8 Å². The summed E-state index contributed by atoms with van der Waals surface area (Å²) in [6.07, 6.45) is 4.10. The van der Waals surface area contributed by atoms with Crippen LogP contribution in [0.15, 0.2) is 18.2 Å². The Balaban J connectivity index is 1.86. The van der Waals surface area contributed by atoms with Crippen LogP contribution in [0, 0.1) is 5.92 Å². The topological polar surface area (TPSA) is 26.3 Å². The second kappa shape index (κ2) is 3.37. The number of carbonyl (C=O) groups excluding carboxylic acids is 1. The largest absolute Gasteiger partial charge is 0.493 e. The van der Waals surface area contributed by atoms with Crippen LogP contribution in [0.4, 0.5) is 0 Å². The average Bonchev–Trinajstić information content (AvgIpc) is 3.00. The first-order chi connectivity index (χ1) is 7.34. The molecule has 1 saturated carbocycles. The lowest BCUT2D eigenvalue weighted by Crippen LogP contribution is -2.03. The Hall–Kier alpha value is -1.31. The van der Waals surface area contributed by atoms with Gasteiger partial charge >= 0.3 is 0 Å². The lowest BCUT2D eigenvalue weighted by atomic mass is 10.1. The molecule has 0 radical (unpaired) electrons. The molecule has 78 valence electrons. The molecule has 2 aliphatic rings. The van der Waals surface area contributed by atoms with E-state index in [0.29, 0.717) is 6.42 Å². The van der Waals surface area contributed by atoms with Gasteiger partial charge in [-0.1, -0.05) is 12.1 Å². The lowest BCUT2D eigenvalue weighted by Gasteiger charge is -2.09. The van der Waals surface area contributed by atoms with Crippen molar-refractivity contribution in [1.29, 1.82) is 0 Å². The number of ketones is 1. The molecule has 0 spiro atoms. The molecule has 0 heterocycles. The lowest BCUT2D eigenvalue weighted by molar-refractivity contribution is 0.0991. The molecule has 0 aromatic heterocycles. The molecule has 0 aliphatic heterocycles. The van der Waals surface area contributed by atoms with E-state index in [-0.39, 0.29) is 5.78 Å². The van der Waals surface area contributed by atoms with E-state index in [1.807, 2.05) is 18.2 Å². The molecule has 1 aromatic rings. The summed E-state index contributed by atoms with van der Waals surface area (Å²) in [5.41, 5.74) is 2.01. The Labute approximate surface area is 89.2 Å². The molecular weight excluding hydrogens is 188 g/mol. The van der Waals surface area contributed by atoms with E-state index in [1.165, 1.54) is 12.8 Å². The highest BCUT2D eigenvalue weighted by Gasteiger charge is 2.26. The normalized spacial score (nSPS) is 19.1. The monoisotopic (exact) mass is 202 g/mol. The molecule has 0 bridgehead atoms. The summed E-state index contributed by atoms with van der Waals surface area (Å²) < 4.78 is 5.72. The van der Waals surface area contributed by atoms with Gasteiger partial charge in [-0.3, -0.25) is 4.79 Å². The van der Waals surface area contributed by atoms with Crippen LogP contribution in [0.5, 0.6) is 5.75 Å². The van der Waals surface area contributed by atoms with E-state index < -0.39 is 0 Å². The highest BCUT2D eigenvalue weighted by atomic mass is 16.5. The van der Waals surface area contributed by atoms with Crippen LogP contribution in [-0.4, -0.2) is 12.4 Å². The van der Waals surface area contributed by atoms with Crippen molar-refractivity contribution in [3.05, 3.63) is 29.3 Å². The van der Waals surface area contributed by atoms with Gasteiger partial charge in [0.15, 0.2) is 5.78 Å². The minimum Gasteiger partial charge on any atom is -0.493 e. The van der Waals surface area contributed by atoms with Crippen molar-refractivity contribution in [3.8, 4) is 5.75 Å². The Morgan fingerprint density at radius 2 is 2.13 bits per heavy atom. The zero-order valence-corrected chi connectivity index (χ0v) is 8.66. The number of hydrogen-bond donors (Lipinski definition) is 0. The molecular formula is C13H14O2. The average molecular weight is 202 g/mol. The maximum absolute atomic E-state index is 11.7. The number of ether oxygens (including phenoxy) is 1. The smallest absolute Gasteiger partial charge is 0.167 e. The Morgan fingerprint density at radius 1 is 1.27 bits per heavy atom. The second-order valence-corrected chi connectivity index (χ2v) is 4.47. The van der Waals surface area contributed by atoms with Gasteiger partial charge in [0.2, 0.25) is 0 Å². The zero-order chi connectivity index (χ0) is 10.3. The van der Waals surface area contributed by atoms with Gasteiger partial charge in [-0.15, -0.1) is 0 Å². The standard InChI is InChI=1S/C13H14O2/c14-11-7-6-10-2-1-3-12(13(10)11)15-8-9-4-5-9/h1-3,9H,4-8H2. The van der Waals surface area contributed by atoms with Gasteiger partial charge in [0.1, 0.15) is 5.75 Å². The molecule has 0 saturated heterocycles. The van der Waals surface area contributed by atoms with Gasteiger partial charge in [-0.2, -0.15) is 0 Å². The fourth-order valence-corrected chi connectivity index (χ4v) is 2.09. The van der Waals surface area contributed by atoms with Crippen molar-refractivity contribution in [3.63, 3.8) is 0 Å². The summed E-state index contributed by atoms with van der Waals surface area (Å²) in [4.78, 5) is 11.7. The zero-order valence-electron chi connectivity index (χ0n) is 8.66. The first-order valence-electron chi connectivity index (χ1n) is 5.62. The van der Waals surface area contributed by atoms with Crippen molar-refractivity contribution in [2.24, 2.45) is 5.92 Å². The van der Waals surface area contributed by atoms with Crippen LogP contribution in [0.25, 0.3) is 0 Å². The van der Waals surface area contributed by atoms with E-state index in [2.05, 4.69) is 0 Å². The highest BCUT2D eigenvalue weighted by molar-refractivity contribution is 6.02. The summed E-state index contributed by atoms with van der Waals surface area (Å²) in [6.45, 7) is 0.781. The minimum atomic E-state index is 0.247. The fraction of sp³-hybridized carbons (Fsp3) is 0.462. The van der Waals surface area contributed by atoms with Crippen LogP contribution >= 0.6 is 0 Å². The third-order valence-electron chi connectivity index (χ3n) is 3.18. The SMILES string of the molecule is O=C1CCc2cccc(OCC3CC3)c21. The molecule has 0 amide bonds. The molecule has 1 aromatic carbocycles. The maximum Gasteiger partial charge on any atom is 0.167 e. The van der Waals surface area contributed by atoms with E-state index >= 15 is 0 Å². The summed E-state index contributed by atoms with van der Waals surface area (Å²) in [5, 5.41) is 0. The molecule has 2 nitrogen and oxygen atoms in total. The Kier molecular flexibility index (Phi) is 2.01. The molecule has 2 aliphatic carbocycles. The van der Waals surface area contributed by atoms with Crippen LogP contribution in [0.1, 0.15) is 35.2 Å². The first kappa shape index (κ1) is 8.96. The van der Waals surface area contributed by atoms with Crippen molar-refractivity contribution in [1.82, 2.24) is 0 Å². The van der Waals surface area contributed by atoms with Gasteiger partial charge in [0, 0.05) is 6.42 Å². The number of aryl methyl sites for hydroxylation is 1. The molecule has 0 unspecified atom stereocenters. The number of rotatable bonds is 3. The Morgan fingerprint density at radius 3 is 2.93 bits per heavy atom. The van der Waals surface area contributed by atoms with Crippen LogP contribution in [0.3, 0.4) is 0 Å². The number of fused-ring (bicyclic) bond motifs is 1.